The van der Waals surface area contributed by atoms with Crippen LogP contribution < -0.4 is 9.47 Å². The lowest BCUT2D eigenvalue weighted by atomic mass is 10.1. The maximum Gasteiger partial charge on any atom is 0.254 e. The summed E-state index contributed by atoms with van der Waals surface area (Å²) in [6.45, 7) is 4.78. The topological polar surface area (TPSA) is 38.8 Å². The molecule has 1 amide bonds. The van der Waals surface area contributed by atoms with Crippen molar-refractivity contribution in [1.29, 1.82) is 0 Å². The molecule has 0 fully saturated rings. The summed E-state index contributed by atoms with van der Waals surface area (Å²) in [5.41, 5.74) is 1.56. The fraction of sp³-hybridized carbons (Fsp3) is 0.533. The molecule has 0 aromatic heterocycles. The number of hydrogen-bond donors (Lipinski definition) is 0. The summed E-state index contributed by atoms with van der Waals surface area (Å²) in [6.07, 6.45) is 2.08. The summed E-state index contributed by atoms with van der Waals surface area (Å²) < 4.78 is 10.5. The molecule has 0 spiro atoms. The zero-order valence-corrected chi connectivity index (χ0v) is 12.4. The van der Waals surface area contributed by atoms with Gasteiger partial charge in [-0.25, -0.2) is 0 Å². The molecule has 4 heteroatoms. The van der Waals surface area contributed by atoms with Gasteiger partial charge in [0.15, 0.2) is 11.5 Å². The lowest BCUT2D eigenvalue weighted by molar-refractivity contribution is 0.0792. The van der Waals surface area contributed by atoms with Crippen LogP contribution in [0.5, 0.6) is 11.5 Å². The van der Waals surface area contributed by atoms with Crippen molar-refractivity contribution in [2.45, 2.75) is 26.7 Å². The first kappa shape index (κ1) is 15.3. The zero-order chi connectivity index (χ0) is 14.4. The van der Waals surface area contributed by atoms with Gasteiger partial charge in [0.05, 0.1) is 14.2 Å². The van der Waals surface area contributed by atoms with Gasteiger partial charge in [-0.15, -0.1) is 0 Å². The van der Waals surface area contributed by atoms with E-state index in [1.807, 2.05) is 20.0 Å². The Morgan fingerprint density at radius 3 is 2.32 bits per heavy atom. The van der Waals surface area contributed by atoms with Gasteiger partial charge in [-0.05, 0) is 31.0 Å². The standard InChI is InChI=1S/C15H23NO3/c1-6-7-8-16(3)15(17)12-10-14(19-5)13(18-4)9-11(12)2/h9-10H,6-8H2,1-5H3. The Labute approximate surface area is 115 Å². The SMILES string of the molecule is CCCCN(C)C(=O)c1cc(OC)c(OC)cc1C. The molecule has 0 heterocycles. The number of carbonyl (C=O) groups is 1. The summed E-state index contributed by atoms with van der Waals surface area (Å²) in [7, 11) is 4.99. The molecule has 1 rings (SSSR count). The number of nitrogens with zero attached hydrogens (tertiary/aromatic N) is 1. The van der Waals surface area contributed by atoms with Gasteiger partial charge in [0.25, 0.3) is 5.91 Å². The fourth-order valence-electron chi connectivity index (χ4n) is 1.91. The summed E-state index contributed by atoms with van der Waals surface area (Å²) in [4.78, 5) is 14.1. The second-order valence-corrected chi connectivity index (χ2v) is 4.60. The van der Waals surface area contributed by atoms with Crippen LogP contribution in [-0.2, 0) is 0 Å². The summed E-state index contributed by atoms with van der Waals surface area (Å²) >= 11 is 0. The molecule has 0 unspecified atom stereocenters. The summed E-state index contributed by atoms with van der Waals surface area (Å²) in [5.74, 6) is 1.25. The van der Waals surface area contributed by atoms with Gasteiger partial charge in [-0.3, -0.25) is 4.79 Å². The van der Waals surface area contributed by atoms with Crippen LogP contribution in [0.4, 0.5) is 0 Å². The van der Waals surface area contributed by atoms with Crippen molar-refractivity contribution in [3.63, 3.8) is 0 Å². The highest BCUT2D eigenvalue weighted by Crippen LogP contribution is 2.30. The Balaban J connectivity index is 3.02. The Kier molecular flexibility index (Phi) is 5.67. The average Bonchev–Trinajstić information content (AvgIpc) is 2.43. The highest BCUT2D eigenvalue weighted by molar-refractivity contribution is 5.96. The number of unbranched alkanes of at least 4 members (excludes halogenated alkanes) is 1. The minimum atomic E-state index is 0.0203. The first-order chi connectivity index (χ1) is 9.04. The van der Waals surface area contributed by atoms with E-state index in [0.29, 0.717) is 17.1 Å². The predicted molar refractivity (Wildman–Crippen MR) is 76.2 cm³/mol. The number of hydrogen-bond acceptors (Lipinski definition) is 3. The molecule has 106 valence electrons. The number of rotatable bonds is 6. The van der Waals surface area contributed by atoms with E-state index in [4.69, 9.17) is 9.47 Å². The number of aryl methyl sites for hydroxylation is 1. The van der Waals surface area contributed by atoms with Crippen LogP contribution in [0.2, 0.25) is 0 Å². The lowest BCUT2D eigenvalue weighted by Crippen LogP contribution is -2.28. The van der Waals surface area contributed by atoms with Crippen LogP contribution in [0, 0.1) is 6.92 Å². The van der Waals surface area contributed by atoms with Crippen LogP contribution in [-0.4, -0.2) is 38.6 Å². The third-order valence-corrected chi connectivity index (χ3v) is 3.15. The quantitative estimate of drug-likeness (QED) is 0.794. The van der Waals surface area contributed by atoms with E-state index in [-0.39, 0.29) is 5.91 Å². The number of amides is 1. The Hall–Kier alpha value is -1.71. The third kappa shape index (κ3) is 3.63. The molecule has 0 aliphatic carbocycles. The molecule has 0 atom stereocenters. The minimum Gasteiger partial charge on any atom is -0.493 e. The van der Waals surface area contributed by atoms with Gasteiger partial charge in [0.2, 0.25) is 0 Å². The van der Waals surface area contributed by atoms with Gasteiger partial charge in [-0.1, -0.05) is 13.3 Å². The third-order valence-electron chi connectivity index (χ3n) is 3.15. The van der Waals surface area contributed by atoms with Crippen molar-refractivity contribution in [2.75, 3.05) is 27.8 Å². The van der Waals surface area contributed by atoms with E-state index in [0.717, 1.165) is 24.9 Å². The number of ether oxygens (including phenoxy) is 2. The first-order valence-corrected chi connectivity index (χ1v) is 6.53. The Bertz CT molecular complexity index is 443. The van der Waals surface area contributed by atoms with Crippen LogP contribution >= 0.6 is 0 Å². The molecule has 0 radical (unpaired) electrons. The van der Waals surface area contributed by atoms with Crippen molar-refractivity contribution in [3.05, 3.63) is 23.3 Å². The van der Waals surface area contributed by atoms with Crippen molar-refractivity contribution in [3.8, 4) is 11.5 Å². The summed E-state index contributed by atoms with van der Waals surface area (Å²) in [6, 6.07) is 3.58. The van der Waals surface area contributed by atoms with Crippen LogP contribution in [0.3, 0.4) is 0 Å². The van der Waals surface area contributed by atoms with E-state index in [2.05, 4.69) is 6.92 Å². The van der Waals surface area contributed by atoms with Crippen LogP contribution in [0.15, 0.2) is 12.1 Å². The van der Waals surface area contributed by atoms with Crippen LogP contribution in [0.1, 0.15) is 35.7 Å². The molecule has 0 saturated carbocycles. The molecule has 0 bridgehead atoms. The molecule has 19 heavy (non-hydrogen) atoms. The van der Waals surface area contributed by atoms with Crippen molar-refractivity contribution >= 4 is 5.91 Å². The normalized spacial score (nSPS) is 10.2. The molecular weight excluding hydrogens is 242 g/mol. The van der Waals surface area contributed by atoms with Gasteiger partial charge in [0.1, 0.15) is 0 Å². The van der Waals surface area contributed by atoms with Crippen molar-refractivity contribution < 1.29 is 14.3 Å². The highest BCUT2D eigenvalue weighted by Gasteiger charge is 2.17. The van der Waals surface area contributed by atoms with Crippen molar-refractivity contribution in [2.24, 2.45) is 0 Å². The molecular formula is C15H23NO3. The van der Waals surface area contributed by atoms with E-state index in [1.54, 1.807) is 25.2 Å². The number of benzene rings is 1. The Morgan fingerprint density at radius 2 is 1.79 bits per heavy atom. The van der Waals surface area contributed by atoms with E-state index < -0.39 is 0 Å². The molecule has 0 saturated heterocycles. The lowest BCUT2D eigenvalue weighted by Gasteiger charge is -2.19. The largest absolute Gasteiger partial charge is 0.493 e. The molecule has 0 N–H and O–H groups in total. The summed E-state index contributed by atoms with van der Waals surface area (Å²) in [5, 5.41) is 0. The highest BCUT2D eigenvalue weighted by atomic mass is 16.5. The zero-order valence-electron chi connectivity index (χ0n) is 12.4. The number of carbonyl (C=O) groups excluding carboxylic acids is 1. The molecule has 0 aliphatic rings. The Morgan fingerprint density at radius 1 is 1.21 bits per heavy atom. The van der Waals surface area contributed by atoms with Gasteiger partial charge in [-0.2, -0.15) is 0 Å². The van der Waals surface area contributed by atoms with Crippen molar-refractivity contribution in [1.82, 2.24) is 4.90 Å². The molecule has 4 nitrogen and oxygen atoms in total. The molecule has 1 aromatic carbocycles. The fourth-order valence-corrected chi connectivity index (χ4v) is 1.91. The van der Waals surface area contributed by atoms with E-state index in [9.17, 15) is 4.79 Å². The predicted octanol–water partition coefficient (Wildman–Crippen LogP) is 2.88. The van der Waals surface area contributed by atoms with E-state index >= 15 is 0 Å². The van der Waals surface area contributed by atoms with Crippen LogP contribution in [0.25, 0.3) is 0 Å². The average molecular weight is 265 g/mol. The monoisotopic (exact) mass is 265 g/mol. The maximum absolute atomic E-state index is 12.4. The molecule has 0 aliphatic heterocycles. The second kappa shape index (κ2) is 7.02. The smallest absolute Gasteiger partial charge is 0.254 e. The first-order valence-electron chi connectivity index (χ1n) is 6.53. The van der Waals surface area contributed by atoms with E-state index in [1.165, 1.54) is 0 Å². The molecule has 1 aromatic rings. The second-order valence-electron chi connectivity index (χ2n) is 4.60. The van der Waals surface area contributed by atoms with Gasteiger partial charge in [0, 0.05) is 19.2 Å². The van der Waals surface area contributed by atoms with Gasteiger partial charge < -0.3 is 14.4 Å². The maximum atomic E-state index is 12.4. The number of methoxy groups -OCH3 is 2. The minimum absolute atomic E-state index is 0.0203. The van der Waals surface area contributed by atoms with Gasteiger partial charge >= 0.3 is 0 Å².